The van der Waals surface area contributed by atoms with Crippen molar-refractivity contribution in [2.45, 2.75) is 0 Å². The first-order valence-electron chi connectivity index (χ1n) is 7.93. The number of carboxylic acid groups (broad SMARTS) is 1. The van der Waals surface area contributed by atoms with Gasteiger partial charge in [0, 0.05) is 24.1 Å². The Bertz CT molecular complexity index is 989. The molecule has 136 valence electrons. The molecule has 27 heavy (non-hydrogen) atoms. The highest BCUT2D eigenvalue weighted by atomic mass is 32.1. The lowest BCUT2D eigenvalue weighted by atomic mass is 10.1. The molecular weight excluding hydrogens is 366 g/mol. The molecule has 0 spiro atoms. The van der Waals surface area contributed by atoms with Gasteiger partial charge in [0.2, 0.25) is 0 Å². The van der Waals surface area contributed by atoms with E-state index in [1.54, 1.807) is 35.0 Å². The summed E-state index contributed by atoms with van der Waals surface area (Å²) < 4.78 is 1.74. The van der Waals surface area contributed by atoms with Crippen molar-refractivity contribution >= 4 is 41.2 Å². The van der Waals surface area contributed by atoms with Crippen LogP contribution in [0.1, 0.15) is 16.1 Å². The zero-order valence-corrected chi connectivity index (χ0v) is 14.9. The Morgan fingerprint density at radius 3 is 2.56 bits per heavy atom. The van der Waals surface area contributed by atoms with Gasteiger partial charge in [-0.3, -0.25) is 19.8 Å². The molecule has 0 radical (unpaired) electrons. The lowest BCUT2D eigenvalue weighted by Gasteiger charge is -2.27. The van der Waals surface area contributed by atoms with Crippen molar-refractivity contribution in [2.24, 2.45) is 0 Å². The monoisotopic (exact) mass is 381 g/mol. The fourth-order valence-corrected chi connectivity index (χ4v) is 2.90. The van der Waals surface area contributed by atoms with Crippen molar-refractivity contribution in [3.63, 3.8) is 0 Å². The van der Waals surface area contributed by atoms with E-state index >= 15 is 0 Å². The summed E-state index contributed by atoms with van der Waals surface area (Å²) in [5.41, 5.74) is 1.40. The number of hydrogen-bond acceptors (Lipinski definition) is 4. The summed E-state index contributed by atoms with van der Waals surface area (Å²) in [6.45, 7) is 3.77. The maximum atomic E-state index is 12.6. The Morgan fingerprint density at radius 1 is 1.22 bits per heavy atom. The van der Waals surface area contributed by atoms with Crippen LogP contribution in [0.3, 0.4) is 0 Å². The van der Waals surface area contributed by atoms with Crippen molar-refractivity contribution < 1.29 is 19.5 Å². The number of aromatic carboxylic acids is 1. The highest BCUT2D eigenvalue weighted by Crippen LogP contribution is 2.19. The zero-order chi connectivity index (χ0) is 19.6. The molecule has 1 aliphatic heterocycles. The first-order chi connectivity index (χ1) is 12.9. The maximum Gasteiger partial charge on any atom is 0.335 e. The topological polar surface area (TPSA) is 91.6 Å². The van der Waals surface area contributed by atoms with Gasteiger partial charge in [0.1, 0.15) is 5.57 Å². The summed E-state index contributed by atoms with van der Waals surface area (Å²) in [4.78, 5) is 37.1. The molecular formula is C19H15N3O4S. The molecule has 2 amide bonds. The van der Waals surface area contributed by atoms with Crippen LogP contribution in [0.15, 0.2) is 60.8 Å². The Balaban J connectivity index is 1.98. The van der Waals surface area contributed by atoms with Gasteiger partial charge in [-0.15, -0.1) is 6.58 Å². The summed E-state index contributed by atoms with van der Waals surface area (Å²) in [6, 6.07) is 9.76. The number of nitrogens with one attached hydrogen (secondary N) is 1. The quantitative estimate of drug-likeness (QED) is 0.358. The number of thiocarbonyl (C=S) groups is 1. The van der Waals surface area contributed by atoms with Gasteiger partial charge in [-0.2, -0.15) is 0 Å². The van der Waals surface area contributed by atoms with Gasteiger partial charge in [-0.1, -0.05) is 6.08 Å². The lowest BCUT2D eigenvalue weighted by molar-refractivity contribution is -0.128. The molecule has 1 saturated heterocycles. The number of amides is 2. The van der Waals surface area contributed by atoms with Gasteiger partial charge in [-0.05, 0) is 54.7 Å². The number of nitrogens with zero attached hydrogens (tertiary/aromatic N) is 2. The standard InChI is InChI=1S/C19H15N3O4S/c1-2-9-22-17(24)15(16(23)20-19(22)27)11-14-4-3-10-21(14)13-7-5-12(6-8-13)18(25)26/h2-8,10-11H,1,9H2,(H,25,26)(H,20,23,27)/b15-11+. The number of benzene rings is 1. The van der Waals surface area contributed by atoms with Crippen molar-refractivity contribution in [1.82, 2.24) is 14.8 Å². The smallest absolute Gasteiger partial charge is 0.335 e. The number of carbonyl (C=O) groups is 3. The number of aromatic nitrogens is 1. The second kappa shape index (κ2) is 7.38. The average molecular weight is 381 g/mol. The fraction of sp³-hybridized carbons (Fsp3) is 0.0526. The van der Waals surface area contributed by atoms with Crippen LogP contribution in [-0.2, 0) is 9.59 Å². The number of hydrogen-bond donors (Lipinski definition) is 2. The summed E-state index contributed by atoms with van der Waals surface area (Å²) in [7, 11) is 0. The van der Waals surface area contributed by atoms with Crippen LogP contribution in [0.25, 0.3) is 11.8 Å². The Kier molecular flexibility index (Phi) is 5.00. The highest BCUT2D eigenvalue weighted by Gasteiger charge is 2.32. The summed E-state index contributed by atoms with van der Waals surface area (Å²) >= 11 is 5.03. The zero-order valence-electron chi connectivity index (χ0n) is 14.1. The largest absolute Gasteiger partial charge is 0.478 e. The minimum atomic E-state index is -1.01. The van der Waals surface area contributed by atoms with Gasteiger partial charge >= 0.3 is 5.97 Å². The molecule has 1 fully saturated rings. The lowest BCUT2D eigenvalue weighted by Crippen LogP contribution is -2.53. The molecule has 2 aromatic rings. The molecule has 1 aromatic heterocycles. The summed E-state index contributed by atoms with van der Waals surface area (Å²) in [5.74, 6) is -2.09. The normalized spacial score (nSPS) is 15.8. The number of carboxylic acids is 1. The second-order valence-corrected chi connectivity index (χ2v) is 6.06. The van der Waals surface area contributed by atoms with Crippen molar-refractivity contribution in [3.05, 3.63) is 72.1 Å². The van der Waals surface area contributed by atoms with E-state index in [0.717, 1.165) is 0 Å². The maximum absolute atomic E-state index is 12.6. The van der Waals surface area contributed by atoms with Crippen LogP contribution in [0.2, 0.25) is 0 Å². The molecule has 0 aliphatic carbocycles. The minimum Gasteiger partial charge on any atom is -0.478 e. The molecule has 0 unspecified atom stereocenters. The van der Waals surface area contributed by atoms with E-state index in [-0.39, 0.29) is 22.8 Å². The van der Waals surface area contributed by atoms with E-state index in [2.05, 4.69) is 11.9 Å². The van der Waals surface area contributed by atoms with Crippen LogP contribution in [0, 0.1) is 0 Å². The van der Waals surface area contributed by atoms with Crippen LogP contribution in [0.5, 0.6) is 0 Å². The van der Waals surface area contributed by atoms with Crippen molar-refractivity contribution in [1.29, 1.82) is 0 Å². The van der Waals surface area contributed by atoms with E-state index < -0.39 is 17.8 Å². The predicted octanol–water partition coefficient (Wildman–Crippen LogP) is 1.99. The van der Waals surface area contributed by atoms with Crippen LogP contribution in [-0.4, -0.2) is 44.0 Å². The van der Waals surface area contributed by atoms with Crippen LogP contribution >= 0.6 is 12.2 Å². The Hall–Kier alpha value is -3.52. The van der Waals surface area contributed by atoms with E-state index in [0.29, 0.717) is 11.4 Å². The SMILES string of the molecule is C=CCN1C(=O)/C(=C/c2cccn2-c2ccc(C(=O)O)cc2)C(=O)NC1=S. The van der Waals surface area contributed by atoms with E-state index in [1.807, 2.05) is 0 Å². The van der Waals surface area contributed by atoms with Gasteiger partial charge in [0.15, 0.2) is 5.11 Å². The molecule has 1 aromatic carbocycles. The van der Waals surface area contributed by atoms with E-state index in [4.69, 9.17) is 17.3 Å². The molecule has 1 aliphatic rings. The average Bonchev–Trinajstić information content (AvgIpc) is 3.10. The molecule has 0 saturated carbocycles. The summed E-state index contributed by atoms with van der Waals surface area (Å²) in [6.07, 6.45) is 4.74. The minimum absolute atomic E-state index is 0.0432. The third-order valence-electron chi connectivity index (χ3n) is 3.96. The fourth-order valence-electron chi connectivity index (χ4n) is 2.65. The molecule has 0 bridgehead atoms. The van der Waals surface area contributed by atoms with Gasteiger partial charge in [0.25, 0.3) is 11.8 Å². The molecule has 2 heterocycles. The number of carbonyl (C=O) groups excluding carboxylic acids is 2. The summed E-state index contributed by atoms with van der Waals surface area (Å²) in [5, 5.41) is 11.5. The Morgan fingerprint density at radius 2 is 1.93 bits per heavy atom. The third kappa shape index (κ3) is 3.56. The molecule has 2 N–H and O–H groups in total. The van der Waals surface area contributed by atoms with E-state index in [9.17, 15) is 14.4 Å². The van der Waals surface area contributed by atoms with Gasteiger partial charge in [0.05, 0.1) is 5.56 Å². The first kappa shape index (κ1) is 18.3. The van der Waals surface area contributed by atoms with Crippen molar-refractivity contribution in [3.8, 4) is 5.69 Å². The third-order valence-corrected chi connectivity index (χ3v) is 4.28. The van der Waals surface area contributed by atoms with E-state index in [1.165, 1.54) is 29.2 Å². The molecule has 8 heteroatoms. The van der Waals surface area contributed by atoms with Gasteiger partial charge < -0.3 is 9.67 Å². The predicted molar refractivity (Wildman–Crippen MR) is 103 cm³/mol. The van der Waals surface area contributed by atoms with Crippen LogP contribution < -0.4 is 5.32 Å². The molecule has 7 nitrogen and oxygen atoms in total. The Labute approximate surface area is 160 Å². The number of rotatable bonds is 5. The van der Waals surface area contributed by atoms with Gasteiger partial charge in [-0.25, -0.2) is 4.79 Å². The molecule has 3 rings (SSSR count). The second-order valence-electron chi connectivity index (χ2n) is 5.68. The van der Waals surface area contributed by atoms with Crippen molar-refractivity contribution in [2.75, 3.05) is 6.54 Å². The molecule has 0 atom stereocenters. The van der Waals surface area contributed by atoms with Crippen LogP contribution in [0.4, 0.5) is 0 Å². The highest BCUT2D eigenvalue weighted by molar-refractivity contribution is 7.80. The first-order valence-corrected chi connectivity index (χ1v) is 8.34.